The molecule has 1 aromatic carbocycles. The van der Waals surface area contributed by atoms with Crippen LogP contribution in [0.4, 0.5) is 0 Å². The Morgan fingerprint density at radius 3 is 2.82 bits per heavy atom. The standard InChI is InChI=1S/C9H11ClN/c1-2-7-3-4-8(6-11)9(10)5-7/h4-5H,2,6,11H2,1H3. The zero-order valence-electron chi connectivity index (χ0n) is 6.52. The first-order valence-corrected chi connectivity index (χ1v) is 4.04. The third-order valence-corrected chi connectivity index (χ3v) is 1.99. The number of halogens is 1. The van der Waals surface area contributed by atoms with E-state index in [1.165, 1.54) is 0 Å². The first kappa shape index (κ1) is 8.57. The van der Waals surface area contributed by atoms with Gasteiger partial charge in [-0.05, 0) is 35.7 Å². The Balaban J connectivity index is 2.99. The summed E-state index contributed by atoms with van der Waals surface area (Å²) in [6.45, 7) is 2.56. The smallest absolute Gasteiger partial charge is 0.0454 e. The first-order valence-electron chi connectivity index (χ1n) is 3.67. The van der Waals surface area contributed by atoms with E-state index in [9.17, 15) is 0 Å². The highest BCUT2D eigenvalue weighted by atomic mass is 35.5. The van der Waals surface area contributed by atoms with Crippen LogP contribution in [0.2, 0.25) is 5.02 Å². The van der Waals surface area contributed by atoms with Gasteiger partial charge in [0.1, 0.15) is 0 Å². The lowest BCUT2D eigenvalue weighted by Gasteiger charge is -2.01. The second kappa shape index (κ2) is 3.74. The molecule has 2 N–H and O–H groups in total. The Kier molecular flexibility index (Phi) is 2.92. The van der Waals surface area contributed by atoms with E-state index < -0.39 is 0 Å². The van der Waals surface area contributed by atoms with Gasteiger partial charge in [-0.2, -0.15) is 0 Å². The van der Waals surface area contributed by atoms with Crippen LogP contribution in [0.5, 0.6) is 0 Å². The summed E-state index contributed by atoms with van der Waals surface area (Å²) in [6, 6.07) is 6.90. The van der Waals surface area contributed by atoms with E-state index in [4.69, 9.17) is 17.3 Å². The molecule has 0 bridgehead atoms. The molecule has 0 fully saturated rings. The van der Waals surface area contributed by atoms with Crippen LogP contribution in [0.25, 0.3) is 0 Å². The van der Waals surface area contributed by atoms with Gasteiger partial charge < -0.3 is 5.73 Å². The topological polar surface area (TPSA) is 26.0 Å². The van der Waals surface area contributed by atoms with Gasteiger partial charge in [-0.3, -0.25) is 0 Å². The van der Waals surface area contributed by atoms with Crippen LogP contribution in [0.15, 0.2) is 12.1 Å². The van der Waals surface area contributed by atoms with E-state index in [1.807, 2.05) is 12.1 Å². The number of nitrogens with two attached hydrogens (primary N) is 1. The molecule has 1 nitrogen and oxygen atoms in total. The monoisotopic (exact) mass is 168 g/mol. The molecule has 0 aliphatic rings. The summed E-state index contributed by atoms with van der Waals surface area (Å²) < 4.78 is 0. The molecule has 11 heavy (non-hydrogen) atoms. The zero-order chi connectivity index (χ0) is 8.27. The molecule has 2 heteroatoms. The van der Waals surface area contributed by atoms with Gasteiger partial charge in [0.25, 0.3) is 0 Å². The van der Waals surface area contributed by atoms with Crippen molar-refractivity contribution in [1.82, 2.24) is 0 Å². The maximum Gasteiger partial charge on any atom is 0.0454 e. The van der Waals surface area contributed by atoms with Crippen LogP contribution in [-0.4, -0.2) is 0 Å². The third kappa shape index (κ3) is 1.95. The summed E-state index contributed by atoms with van der Waals surface area (Å²) in [5.41, 5.74) is 7.53. The summed E-state index contributed by atoms with van der Waals surface area (Å²) in [6.07, 6.45) is 0.963. The molecule has 0 unspecified atom stereocenters. The minimum atomic E-state index is 0.485. The summed E-state index contributed by atoms with van der Waals surface area (Å²) in [4.78, 5) is 0. The zero-order valence-corrected chi connectivity index (χ0v) is 7.28. The van der Waals surface area contributed by atoms with Crippen molar-refractivity contribution in [3.63, 3.8) is 0 Å². The second-order valence-electron chi connectivity index (χ2n) is 2.39. The largest absolute Gasteiger partial charge is 0.326 e. The Labute approximate surface area is 72.2 Å². The number of hydrogen-bond donors (Lipinski definition) is 1. The average Bonchev–Trinajstić information content (AvgIpc) is 2.04. The Morgan fingerprint density at radius 1 is 1.64 bits per heavy atom. The maximum absolute atomic E-state index is 5.91. The van der Waals surface area contributed by atoms with E-state index in [2.05, 4.69) is 13.0 Å². The molecule has 1 rings (SSSR count). The van der Waals surface area contributed by atoms with Gasteiger partial charge >= 0.3 is 0 Å². The van der Waals surface area contributed by atoms with Crippen molar-refractivity contribution in [1.29, 1.82) is 0 Å². The summed E-state index contributed by atoms with van der Waals surface area (Å²) in [5.74, 6) is 0. The van der Waals surface area contributed by atoms with Gasteiger partial charge in [-0.15, -0.1) is 0 Å². The molecule has 0 aliphatic heterocycles. The van der Waals surface area contributed by atoms with Crippen LogP contribution in [-0.2, 0) is 13.0 Å². The highest BCUT2D eigenvalue weighted by Gasteiger charge is 1.98. The second-order valence-corrected chi connectivity index (χ2v) is 2.80. The van der Waals surface area contributed by atoms with Crippen molar-refractivity contribution >= 4 is 11.6 Å². The van der Waals surface area contributed by atoms with E-state index in [0.717, 1.165) is 22.6 Å². The van der Waals surface area contributed by atoms with Gasteiger partial charge in [0.15, 0.2) is 0 Å². The molecule has 0 heterocycles. The number of hydrogen-bond acceptors (Lipinski definition) is 1. The van der Waals surface area contributed by atoms with Crippen molar-refractivity contribution in [3.8, 4) is 0 Å². The van der Waals surface area contributed by atoms with Crippen LogP contribution in [0, 0.1) is 6.07 Å². The minimum Gasteiger partial charge on any atom is -0.326 e. The Morgan fingerprint density at radius 2 is 2.36 bits per heavy atom. The average molecular weight is 169 g/mol. The van der Waals surface area contributed by atoms with Crippen molar-refractivity contribution in [2.45, 2.75) is 19.9 Å². The molecule has 1 aromatic rings. The normalized spacial score (nSPS) is 10.1. The van der Waals surface area contributed by atoms with Crippen molar-refractivity contribution < 1.29 is 0 Å². The molecule has 0 aromatic heterocycles. The molecule has 0 atom stereocenters. The van der Waals surface area contributed by atoms with E-state index in [1.54, 1.807) is 0 Å². The lowest BCUT2D eigenvalue weighted by molar-refractivity contribution is 1.05. The van der Waals surface area contributed by atoms with Crippen LogP contribution in [0.3, 0.4) is 0 Å². The fraction of sp³-hybridized carbons (Fsp3) is 0.333. The van der Waals surface area contributed by atoms with Crippen molar-refractivity contribution in [2.75, 3.05) is 0 Å². The predicted molar refractivity (Wildman–Crippen MR) is 47.6 cm³/mol. The van der Waals surface area contributed by atoms with Gasteiger partial charge in [0, 0.05) is 11.6 Å². The van der Waals surface area contributed by atoms with Gasteiger partial charge in [0.05, 0.1) is 0 Å². The van der Waals surface area contributed by atoms with Gasteiger partial charge in [-0.1, -0.05) is 18.5 Å². The first-order chi connectivity index (χ1) is 5.27. The lowest BCUT2D eigenvalue weighted by Crippen LogP contribution is -1.97. The molecule has 0 amide bonds. The van der Waals surface area contributed by atoms with E-state index in [-0.39, 0.29) is 0 Å². The summed E-state index contributed by atoms with van der Waals surface area (Å²) >= 11 is 5.91. The Bertz CT molecular complexity index is 245. The van der Waals surface area contributed by atoms with Crippen LogP contribution >= 0.6 is 11.6 Å². The van der Waals surface area contributed by atoms with E-state index >= 15 is 0 Å². The molecule has 0 spiro atoms. The highest BCUT2D eigenvalue weighted by Crippen LogP contribution is 2.16. The molecule has 59 valence electrons. The summed E-state index contributed by atoms with van der Waals surface area (Å²) in [7, 11) is 0. The number of aryl methyl sites for hydroxylation is 1. The van der Waals surface area contributed by atoms with Crippen LogP contribution in [0.1, 0.15) is 18.1 Å². The molecule has 1 radical (unpaired) electrons. The molecular weight excluding hydrogens is 158 g/mol. The fourth-order valence-electron chi connectivity index (χ4n) is 0.897. The molecular formula is C9H11ClN. The van der Waals surface area contributed by atoms with E-state index in [0.29, 0.717) is 6.54 Å². The van der Waals surface area contributed by atoms with Crippen molar-refractivity contribution in [2.24, 2.45) is 5.73 Å². The Hall–Kier alpha value is -0.530. The molecule has 0 saturated carbocycles. The fourth-order valence-corrected chi connectivity index (χ4v) is 1.16. The molecule has 0 aliphatic carbocycles. The quantitative estimate of drug-likeness (QED) is 0.720. The van der Waals surface area contributed by atoms with Crippen LogP contribution < -0.4 is 5.73 Å². The highest BCUT2D eigenvalue weighted by molar-refractivity contribution is 6.31. The lowest BCUT2D eigenvalue weighted by atomic mass is 10.1. The maximum atomic E-state index is 5.91. The number of rotatable bonds is 2. The van der Waals surface area contributed by atoms with Crippen molar-refractivity contribution in [3.05, 3.63) is 34.3 Å². The SMILES string of the molecule is CCc1[c]cc(CN)c(Cl)c1. The molecule has 0 saturated heterocycles. The minimum absolute atomic E-state index is 0.485. The number of benzene rings is 1. The third-order valence-electron chi connectivity index (χ3n) is 1.64. The predicted octanol–water partition coefficient (Wildman–Crippen LogP) is 2.16. The van der Waals surface area contributed by atoms with Gasteiger partial charge in [-0.25, -0.2) is 0 Å². The van der Waals surface area contributed by atoms with Gasteiger partial charge in [0.2, 0.25) is 0 Å². The summed E-state index contributed by atoms with van der Waals surface area (Å²) in [5, 5.41) is 0.753.